The first-order valence-corrected chi connectivity index (χ1v) is 9.45. The van der Waals surface area contributed by atoms with Gasteiger partial charge in [0.25, 0.3) is 11.8 Å². The molecule has 1 unspecified atom stereocenters. The number of fused-ring (bicyclic) bond motifs is 1. The highest BCUT2D eigenvalue weighted by molar-refractivity contribution is 6.02. The Hall–Kier alpha value is -2.40. The monoisotopic (exact) mass is 354 g/mol. The smallest absolute Gasteiger partial charge is 0.280 e. The predicted molar refractivity (Wildman–Crippen MR) is 104 cm³/mol. The maximum atomic E-state index is 12.6. The zero-order chi connectivity index (χ0) is 18.5. The molecule has 2 atom stereocenters. The minimum atomic E-state index is -0.216. The van der Waals surface area contributed by atoms with E-state index in [0.29, 0.717) is 0 Å². The molecule has 0 saturated carbocycles. The van der Waals surface area contributed by atoms with Gasteiger partial charge in [0, 0.05) is 24.2 Å². The Morgan fingerprint density at radius 3 is 2.54 bits per heavy atom. The summed E-state index contributed by atoms with van der Waals surface area (Å²) in [5.41, 5.74) is 0.816. The van der Waals surface area contributed by atoms with E-state index < -0.39 is 0 Å². The number of nitrogens with zero attached hydrogens (tertiary/aromatic N) is 1. The summed E-state index contributed by atoms with van der Waals surface area (Å²) in [6.07, 6.45) is 3.37. The molecule has 2 N–H and O–H groups in total. The van der Waals surface area contributed by atoms with Crippen LogP contribution >= 0.6 is 0 Å². The zero-order valence-electron chi connectivity index (χ0n) is 15.6. The number of rotatable bonds is 5. The minimum Gasteiger partial charge on any atom is -0.338 e. The summed E-state index contributed by atoms with van der Waals surface area (Å²) < 4.78 is 0. The Balaban J connectivity index is 1.60. The van der Waals surface area contributed by atoms with Crippen molar-refractivity contribution in [1.29, 1.82) is 0 Å². The average molecular weight is 354 g/mol. The Bertz CT molecular complexity index is 778. The Labute approximate surface area is 155 Å². The van der Waals surface area contributed by atoms with E-state index in [1.165, 1.54) is 6.42 Å². The molecule has 2 amide bonds. The van der Waals surface area contributed by atoms with Gasteiger partial charge in [-0.05, 0) is 37.6 Å². The van der Waals surface area contributed by atoms with Crippen molar-refractivity contribution in [3.8, 4) is 0 Å². The maximum Gasteiger partial charge on any atom is 0.280 e. The van der Waals surface area contributed by atoms with E-state index in [-0.39, 0.29) is 24.4 Å². The predicted octanol–water partition coefficient (Wildman–Crippen LogP) is 1.69. The normalized spacial score (nSPS) is 16.9. The molecule has 2 aromatic carbocycles. The molecule has 1 saturated heterocycles. The lowest BCUT2D eigenvalue weighted by atomic mass is 10.1. The average Bonchev–Trinajstić information content (AvgIpc) is 2.67. The van der Waals surface area contributed by atoms with E-state index in [2.05, 4.69) is 5.32 Å². The Morgan fingerprint density at radius 1 is 1.08 bits per heavy atom. The van der Waals surface area contributed by atoms with Gasteiger partial charge >= 0.3 is 0 Å². The van der Waals surface area contributed by atoms with E-state index >= 15 is 0 Å². The Kier molecular flexibility index (Phi) is 5.89. The summed E-state index contributed by atoms with van der Waals surface area (Å²) in [6, 6.07) is 13.7. The third-order valence-electron chi connectivity index (χ3n) is 5.28. The number of carbonyl (C=O) groups excluding carboxylic acids is 2. The molecule has 0 spiro atoms. The van der Waals surface area contributed by atoms with Crippen LogP contribution in [0.1, 0.15) is 26.2 Å². The van der Waals surface area contributed by atoms with Gasteiger partial charge in [-0.1, -0.05) is 36.4 Å². The number of anilines is 1. The molecule has 0 bridgehead atoms. The molecule has 0 aliphatic carbocycles. The molecule has 1 aliphatic heterocycles. The fraction of sp³-hybridized carbons (Fsp3) is 0.429. The van der Waals surface area contributed by atoms with Gasteiger partial charge in [0.1, 0.15) is 0 Å². The van der Waals surface area contributed by atoms with E-state index in [4.69, 9.17) is 0 Å². The van der Waals surface area contributed by atoms with Gasteiger partial charge < -0.3 is 15.1 Å². The van der Waals surface area contributed by atoms with Gasteiger partial charge in [-0.15, -0.1) is 0 Å². The lowest BCUT2D eigenvalue weighted by Crippen LogP contribution is -3.15. The first-order valence-electron chi connectivity index (χ1n) is 9.45. The van der Waals surface area contributed by atoms with E-state index in [1.807, 2.05) is 61.3 Å². The molecule has 138 valence electrons. The van der Waals surface area contributed by atoms with Crippen molar-refractivity contribution in [3.63, 3.8) is 0 Å². The summed E-state index contributed by atoms with van der Waals surface area (Å²) in [5.74, 6) is 0.0808. The number of hydrogen-bond donors (Lipinski definition) is 2. The largest absolute Gasteiger partial charge is 0.338 e. The van der Waals surface area contributed by atoms with Gasteiger partial charge in [0.05, 0.1) is 7.05 Å². The zero-order valence-corrected chi connectivity index (χ0v) is 15.6. The van der Waals surface area contributed by atoms with Crippen LogP contribution in [0.5, 0.6) is 0 Å². The number of quaternary nitrogens is 1. The Morgan fingerprint density at radius 2 is 1.77 bits per heavy atom. The first kappa shape index (κ1) is 18.4. The number of hydrogen-bond acceptors (Lipinski definition) is 2. The highest BCUT2D eigenvalue weighted by atomic mass is 16.2. The first-order chi connectivity index (χ1) is 12.6. The van der Waals surface area contributed by atoms with Crippen LogP contribution in [-0.2, 0) is 9.59 Å². The van der Waals surface area contributed by atoms with E-state index in [0.717, 1.165) is 47.3 Å². The van der Waals surface area contributed by atoms with E-state index in [9.17, 15) is 9.59 Å². The molecule has 5 nitrogen and oxygen atoms in total. The summed E-state index contributed by atoms with van der Waals surface area (Å²) in [4.78, 5) is 28.0. The third-order valence-corrected chi connectivity index (χ3v) is 5.28. The number of piperidine rings is 1. The van der Waals surface area contributed by atoms with Crippen molar-refractivity contribution in [1.82, 2.24) is 4.90 Å². The van der Waals surface area contributed by atoms with Crippen molar-refractivity contribution in [2.45, 2.75) is 32.2 Å². The van der Waals surface area contributed by atoms with Crippen LogP contribution in [0.15, 0.2) is 42.5 Å². The molecule has 5 heteroatoms. The molecule has 26 heavy (non-hydrogen) atoms. The summed E-state index contributed by atoms with van der Waals surface area (Å²) in [6.45, 7) is 3.87. The highest BCUT2D eigenvalue weighted by Gasteiger charge is 2.29. The van der Waals surface area contributed by atoms with Gasteiger partial charge in [-0.2, -0.15) is 0 Å². The van der Waals surface area contributed by atoms with Gasteiger partial charge in [0.15, 0.2) is 12.6 Å². The lowest BCUT2D eigenvalue weighted by Gasteiger charge is -2.30. The second-order valence-electron chi connectivity index (χ2n) is 7.21. The van der Waals surface area contributed by atoms with Crippen LogP contribution in [0.3, 0.4) is 0 Å². The third kappa shape index (κ3) is 4.22. The van der Waals surface area contributed by atoms with Gasteiger partial charge in [0.2, 0.25) is 0 Å². The number of benzene rings is 2. The van der Waals surface area contributed by atoms with Crippen molar-refractivity contribution in [2.24, 2.45) is 0 Å². The standard InChI is InChI=1S/C21H27N3O2/c1-16(21(26)24-13-6-3-7-14-24)23(2)15-20(25)22-19-12-8-10-17-9-4-5-11-18(17)19/h4-5,8-12,16H,3,6-7,13-15H2,1-2H3,(H,22,25)/p+1/t16-/m1/s1. The van der Waals surface area contributed by atoms with Crippen LogP contribution in [0.4, 0.5) is 5.69 Å². The molecule has 0 aromatic heterocycles. The molecular weight excluding hydrogens is 326 g/mol. The van der Waals surface area contributed by atoms with Gasteiger partial charge in [-0.3, -0.25) is 9.59 Å². The fourth-order valence-corrected chi connectivity index (χ4v) is 3.53. The molecular formula is C21H28N3O2+. The topological polar surface area (TPSA) is 53.9 Å². The van der Waals surface area contributed by atoms with Crippen molar-refractivity contribution >= 4 is 28.3 Å². The maximum absolute atomic E-state index is 12.6. The SMILES string of the molecule is C[C@H](C(=O)N1CCCCC1)[NH+](C)CC(=O)Nc1cccc2ccccc12. The summed E-state index contributed by atoms with van der Waals surface area (Å²) >= 11 is 0. The molecule has 3 rings (SSSR count). The van der Waals surface area contributed by atoms with Crippen molar-refractivity contribution in [2.75, 3.05) is 32.0 Å². The molecule has 0 radical (unpaired) electrons. The highest BCUT2D eigenvalue weighted by Crippen LogP contribution is 2.22. The van der Waals surface area contributed by atoms with Crippen molar-refractivity contribution < 1.29 is 14.5 Å². The number of carbonyl (C=O) groups is 2. The molecule has 1 heterocycles. The molecule has 1 aliphatic rings. The quantitative estimate of drug-likeness (QED) is 0.859. The second-order valence-corrected chi connectivity index (χ2v) is 7.21. The number of nitrogens with one attached hydrogen (secondary N) is 2. The van der Waals surface area contributed by atoms with Crippen LogP contribution in [0.2, 0.25) is 0 Å². The summed E-state index contributed by atoms with van der Waals surface area (Å²) in [5, 5.41) is 5.13. The van der Waals surface area contributed by atoms with Crippen LogP contribution < -0.4 is 10.2 Å². The van der Waals surface area contributed by atoms with Crippen LogP contribution in [-0.4, -0.2) is 49.4 Å². The number of likely N-dealkylation sites (N-methyl/N-ethyl adjacent to an activating group) is 1. The fourth-order valence-electron chi connectivity index (χ4n) is 3.53. The molecule has 1 fully saturated rings. The lowest BCUT2D eigenvalue weighted by molar-refractivity contribution is -0.886. The number of amides is 2. The summed E-state index contributed by atoms with van der Waals surface area (Å²) in [7, 11) is 1.91. The molecule has 2 aromatic rings. The van der Waals surface area contributed by atoms with E-state index in [1.54, 1.807) is 0 Å². The van der Waals surface area contributed by atoms with Crippen molar-refractivity contribution in [3.05, 3.63) is 42.5 Å². The van der Waals surface area contributed by atoms with Crippen LogP contribution in [0.25, 0.3) is 10.8 Å². The number of likely N-dealkylation sites (tertiary alicyclic amines) is 1. The minimum absolute atomic E-state index is 0.0721. The second kappa shape index (κ2) is 8.32. The van der Waals surface area contributed by atoms with Gasteiger partial charge in [-0.25, -0.2) is 0 Å². The van der Waals surface area contributed by atoms with Crippen LogP contribution in [0, 0.1) is 0 Å².